The molecule has 0 fully saturated rings. The predicted octanol–water partition coefficient (Wildman–Crippen LogP) is 2.72. The van der Waals surface area contributed by atoms with Gasteiger partial charge in [0.15, 0.2) is 5.78 Å². The molecule has 0 amide bonds. The highest BCUT2D eigenvalue weighted by Gasteiger charge is 2.37. The maximum absolute atomic E-state index is 12.6. The zero-order valence-corrected chi connectivity index (χ0v) is 14.3. The molecular formula is C17H16N4O3S. The number of hydrogen-bond donors (Lipinski definition) is 2. The van der Waals surface area contributed by atoms with Crippen molar-refractivity contribution in [3.8, 4) is 0 Å². The lowest BCUT2D eigenvalue weighted by Gasteiger charge is -2.32. The van der Waals surface area contributed by atoms with Crippen LogP contribution in [0.3, 0.4) is 0 Å². The van der Waals surface area contributed by atoms with E-state index in [1.165, 1.54) is 4.68 Å². The highest BCUT2D eigenvalue weighted by Crippen LogP contribution is 2.40. The van der Waals surface area contributed by atoms with E-state index in [1.807, 2.05) is 30.5 Å². The molecule has 1 unspecified atom stereocenters. The lowest BCUT2D eigenvalue weighted by atomic mass is 9.85. The van der Waals surface area contributed by atoms with Gasteiger partial charge in [-0.25, -0.2) is 9.48 Å². The van der Waals surface area contributed by atoms with E-state index >= 15 is 0 Å². The molecule has 0 bridgehead atoms. The van der Waals surface area contributed by atoms with Gasteiger partial charge in [0, 0.05) is 22.6 Å². The van der Waals surface area contributed by atoms with Crippen molar-refractivity contribution in [1.82, 2.24) is 14.8 Å². The Hall–Kier alpha value is -2.61. The van der Waals surface area contributed by atoms with Gasteiger partial charge < -0.3 is 10.4 Å². The quantitative estimate of drug-likeness (QED) is 0.816. The molecule has 0 saturated carbocycles. The maximum Gasteiger partial charge on any atom is 0.375 e. The monoisotopic (exact) mass is 356 g/mol. The minimum absolute atomic E-state index is 0.0747. The Labute approximate surface area is 148 Å². The third-order valence-corrected chi connectivity index (χ3v) is 5.23. The minimum Gasteiger partial charge on any atom is -0.475 e. The van der Waals surface area contributed by atoms with Crippen molar-refractivity contribution in [3.63, 3.8) is 0 Å². The molecule has 1 aliphatic carbocycles. The molecule has 0 radical (unpaired) electrons. The Balaban J connectivity index is 1.88. The Morgan fingerprint density at radius 2 is 2.08 bits per heavy atom. The summed E-state index contributed by atoms with van der Waals surface area (Å²) >= 11 is 1.64. The number of thioether (sulfide) groups is 1. The molecule has 25 heavy (non-hydrogen) atoms. The Bertz CT molecular complexity index is 901. The van der Waals surface area contributed by atoms with Crippen molar-refractivity contribution in [2.24, 2.45) is 0 Å². The lowest BCUT2D eigenvalue weighted by Crippen LogP contribution is -2.31. The van der Waals surface area contributed by atoms with Gasteiger partial charge in [0.2, 0.25) is 5.95 Å². The Morgan fingerprint density at radius 3 is 2.76 bits per heavy atom. The van der Waals surface area contributed by atoms with E-state index in [4.69, 9.17) is 0 Å². The van der Waals surface area contributed by atoms with Crippen LogP contribution in [0.4, 0.5) is 5.95 Å². The van der Waals surface area contributed by atoms with Gasteiger partial charge in [-0.15, -0.1) is 16.9 Å². The molecule has 2 N–H and O–H groups in total. The van der Waals surface area contributed by atoms with Crippen LogP contribution in [-0.2, 0) is 4.79 Å². The van der Waals surface area contributed by atoms with Crippen LogP contribution >= 0.6 is 11.8 Å². The maximum atomic E-state index is 12.6. The molecule has 2 aliphatic rings. The van der Waals surface area contributed by atoms with Gasteiger partial charge in [0.25, 0.3) is 5.82 Å². The largest absolute Gasteiger partial charge is 0.475 e. The second-order valence-electron chi connectivity index (χ2n) is 5.98. The fourth-order valence-corrected chi connectivity index (χ4v) is 3.75. The first-order chi connectivity index (χ1) is 12.1. The highest BCUT2D eigenvalue weighted by atomic mass is 32.2. The average molecular weight is 356 g/mol. The zero-order chi connectivity index (χ0) is 17.6. The van der Waals surface area contributed by atoms with E-state index < -0.39 is 12.0 Å². The van der Waals surface area contributed by atoms with Gasteiger partial charge in [0.05, 0.1) is 0 Å². The van der Waals surface area contributed by atoms with E-state index in [-0.39, 0.29) is 11.6 Å². The smallest absolute Gasteiger partial charge is 0.375 e. The van der Waals surface area contributed by atoms with E-state index in [9.17, 15) is 14.7 Å². The predicted molar refractivity (Wildman–Crippen MR) is 92.9 cm³/mol. The number of nitrogens with zero attached hydrogens (tertiary/aromatic N) is 3. The summed E-state index contributed by atoms with van der Waals surface area (Å²) in [5.74, 6) is -1.03. The number of aromatic carboxylic acids is 1. The van der Waals surface area contributed by atoms with Crippen molar-refractivity contribution < 1.29 is 14.7 Å². The number of carbonyl (C=O) groups excluding carboxylic acids is 1. The number of carboxylic acids is 1. The van der Waals surface area contributed by atoms with Crippen LogP contribution in [0, 0.1) is 0 Å². The fraction of sp³-hybridized carbons (Fsp3) is 0.294. The van der Waals surface area contributed by atoms with Crippen molar-refractivity contribution >= 4 is 29.5 Å². The summed E-state index contributed by atoms with van der Waals surface area (Å²) in [5, 5.41) is 16.5. The summed E-state index contributed by atoms with van der Waals surface area (Å²) in [6.45, 7) is 0. The van der Waals surface area contributed by atoms with E-state index in [1.54, 1.807) is 11.8 Å². The van der Waals surface area contributed by atoms with Crippen LogP contribution in [0.1, 0.15) is 41.5 Å². The third-order valence-electron chi connectivity index (χ3n) is 4.49. The first kappa shape index (κ1) is 15.9. The first-order valence-electron chi connectivity index (χ1n) is 7.95. The number of nitrogens with one attached hydrogen (secondary N) is 1. The summed E-state index contributed by atoms with van der Waals surface area (Å²) in [6, 6.07) is 7.45. The molecule has 128 valence electrons. The molecule has 0 spiro atoms. The summed E-state index contributed by atoms with van der Waals surface area (Å²) in [4.78, 5) is 29.1. The second-order valence-corrected chi connectivity index (χ2v) is 6.86. The van der Waals surface area contributed by atoms with Crippen molar-refractivity contribution in [2.45, 2.75) is 30.2 Å². The van der Waals surface area contributed by atoms with Crippen LogP contribution in [0.2, 0.25) is 0 Å². The molecule has 2 aromatic rings. The minimum atomic E-state index is -1.19. The van der Waals surface area contributed by atoms with Crippen LogP contribution in [0.15, 0.2) is 40.4 Å². The van der Waals surface area contributed by atoms with Crippen LogP contribution in [0.5, 0.6) is 0 Å². The van der Waals surface area contributed by atoms with Crippen molar-refractivity contribution in [1.29, 1.82) is 0 Å². The molecular weight excluding hydrogens is 340 g/mol. The highest BCUT2D eigenvalue weighted by molar-refractivity contribution is 7.98. The molecule has 7 nitrogen and oxygen atoms in total. The number of benzene rings is 1. The average Bonchev–Trinajstić information content (AvgIpc) is 3.04. The van der Waals surface area contributed by atoms with Gasteiger partial charge in [-0.1, -0.05) is 12.1 Å². The van der Waals surface area contributed by atoms with Crippen LogP contribution in [-0.4, -0.2) is 37.9 Å². The van der Waals surface area contributed by atoms with Crippen LogP contribution < -0.4 is 5.32 Å². The first-order valence-corrected chi connectivity index (χ1v) is 9.18. The Morgan fingerprint density at radius 1 is 1.32 bits per heavy atom. The molecule has 2 heterocycles. The number of allylic oxidation sites excluding steroid dienone is 2. The normalized spacial score (nSPS) is 19.2. The van der Waals surface area contributed by atoms with Crippen LogP contribution in [0.25, 0.3) is 0 Å². The lowest BCUT2D eigenvalue weighted by molar-refractivity contribution is -0.116. The number of rotatable bonds is 3. The molecule has 0 saturated heterocycles. The van der Waals surface area contributed by atoms with Gasteiger partial charge in [-0.05, 0) is 36.8 Å². The van der Waals surface area contributed by atoms with E-state index in [0.29, 0.717) is 17.9 Å². The topological polar surface area (TPSA) is 97.1 Å². The van der Waals surface area contributed by atoms with Crippen molar-refractivity contribution in [2.75, 3.05) is 11.6 Å². The second kappa shape index (κ2) is 6.03. The van der Waals surface area contributed by atoms with Gasteiger partial charge >= 0.3 is 5.97 Å². The number of Topliss-reactive ketones (excluding diaryl/α,β-unsaturated/α-hetero) is 1. The SMILES string of the molecule is CSc1ccc(C2C3=C(CCCC3=O)Nc3nc(C(=O)O)nn32)cc1. The number of ketones is 1. The molecule has 4 rings (SSSR count). The summed E-state index contributed by atoms with van der Waals surface area (Å²) < 4.78 is 1.51. The number of anilines is 1. The van der Waals surface area contributed by atoms with Crippen molar-refractivity contribution in [3.05, 3.63) is 46.9 Å². The van der Waals surface area contributed by atoms with Gasteiger partial charge in [-0.2, -0.15) is 4.98 Å². The van der Waals surface area contributed by atoms with E-state index in [0.717, 1.165) is 29.0 Å². The van der Waals surface area contributed by atoms with E-state index in [2.05, 4.69) is 15.4 Å². The molecule has 1 aromatic carbocycles. The fourth-order valence-electron chi connectivity index (χ4n) is 3.34. The third kappa shape index (κ3) is 2.62. The molecule has 1 aromatic heterocycles. The molecule has 1 aliphatic heterocycles. The Kier molecular flexibility index (Phi) is 3.84. The summed E-state index contributed by atoms with van der Waals surface area (Å²) in [5.41, 5.74) is 2.38. The number of aromatic nitrogens is 3. The number of hydrogen-bond acceptors (Lipinski definition) is 6. The summed E-state index contributed by atoms with van der Waals surface area (Å²) in [6.07, 6.45) is 4.02. The standard InChI is InChI=1S/C17H16N4O3S/c1-25-10-7-5-9(6-8-10)14-13-11(3-2-4-12(13)22)18-17-19-15(16(23)24)20-21(14)17/h5-8,14H,2-4H2,1H3,(H,23,24)(H,18,19,20). The molecule has 1 atom stereocenters. The van der Waals surface area contributed by atoms with Gasteiger partial charge in [-0.3, -0.25) is 4.79 Å². The number of carboxylic acid groups (broad SMARTS) is 1. The van der Waals surface area contributed by atoms with Gasteiger partial charge in [0.1, 0.15) is 6.04 Å². The number of fused-ring (bicyclic) bond motifs is 1. The summed E-state index contributed by atoms with van der Waals surface area (Å²) in [7, 11) is 0. The molecule has 8 heteroatoms. The number of carbonyl (C=O) groups is 2. The zero-order valence-electron chi connectivity index (χ0n) is 13.5.